The molecule has 0 aliphatic carbocycles. The van der Waals surface area contributed by atoms with Crippen LogP contribution in [0.25, 0.3) is 11.0 Å². The quantitative estimate of drug-likeness (QED) is 0.892. The lowest BCUT2D eigenvalue weighted by Crippen LogP contribution is -2.39. The normalized spacial score (nSPS) is 20.7. The second-order valence-electron chi connectivity index (χ2n) is 4.99. The molecule has 0 amide bonds. The summed E-state index contributed by atoms with van der Waals surface area (Å²) in [4.78, 5) is 7.08. The van der Waals surface area contributed by atoms with Gasteiger partial charge in [-0.2, -0.15) is 0 Å². The van der Waals surface area contributed by atoms with Crippen LogP contribution in [0.3, 0.4) is 0 Å². The lowest BCUT2D eigenvalue weighted by atomic mass is 10.1. The summed E-state index contributed by atoms with van der Waals surface area (Å²) < 4.78 is 24.7. The predicted octanol–water partition coefficient (Wildman–Crippen LogP) is 1.48. The molecule has 1 aromatic heterocycles. The fraction of sp³-hybridized carbons (Fsp3) is 0.462. The highest BCUT2D eigenvalue weighted by atomic mass is 32.2. The molecule has 2 heterocycles. The average Bonchev–Trinajstić information content (AvgIpc) is 2.84. The lowest BCUT2D eigenvalue weighted by molar-refractivity contribution is 0.423. The summed E-state index contributed by atoms with van der Waals surface area (Å²) in [5.41, 5.74) is 1.45. The number of sulfone groups is 1. The number of rotatable bonds is 3. The number of hydrogen-bond acceptors (Lipinski definition) is 4. The fourth-order valence-corrected chi connectivity index (χ4v) is 3.96. The molecule has 0 spiro atoms. The lowest BCUT2D eigenvalue weighted by Gasteiger charge is -2.22. The number of fused-ring (bicyclic) bond motifs is 1. The highest BCUT2D eigenvalue weighted by molar-refractivity contribution is 7.91. The van der Waals surface area contributed by atoms with Gasteiger partial charge in [0, 0.05) is 6.04 Å². The van der Waals surface area contributed by atoms with Crippen LogP contribution in [0.2, 0.25) is 0 Å². The average molecular weight is 279 g/mol. The number of H-pyrrole nitrogens is 1. The molecule has 19 heavy (non-hydrogen) atoms. The summed E-state index contributed by atoms with van der Waals surface area (Å²) >= 11 is 0. The van der Waals surface area contributed by atoms with Crippen molar-refractivity contribution in [2.24, 2.45) is 0 Å². The maximum absolute atomic E-state index is 12.3. The molecule has 0 unspecified atom stereocenters. The Kier molecular flexibility index (Phi) is 3.28. The molecule has 3 rings (SSSR count). The molecule has 6 heteroatoms. The number of imidazole rings is 1. The van der Waals surface area contributed by atoms with Gasteiger partial charge in [-0.1, -0.05) is 18.6 Å². The van der Waals surface area contributed by atoms with E-state index in [9.17, 15) is 8.42 Å². The number of nitrogens with one attached hydrogen (secondary N) is 2. The zero-order valence-corrected chi connectivity index (χ0v) is 11.4. The van der Waals surface area contributed by atoms with Crippen molar-refractivity contribution in [3.63, 3.8) is 0 Å². The summed E-state index contributed by atoms with van der Waals surface area (Å²) in [7, 11) is -3.35. The zero-order chi connectivity index (χ0) is 13.3. The van der Waals surface area contributed by atoms with Gasteiger partial charge in [-0.3, -0.25) is 0 Å². The van der Waals surface area contributed by atoms with Crippen LogP contribution in [0.1, 0.15) is 19.3 Å². The second-order valence-corrected chi connectivity index (χ2v) is 6.94. The number of aromatic nitrogens is 2. The van der Waals surface area contributed by atoms with Crippen LogP contribution in [0.5, 0.6) is 0 Å². The molecule has 2 N–H and O–H groups in total. The van der Waals surface area contributed by atoms with E-state index in [2.05, 4.69) is 15.3 Å². The zero-order valence-electron chi connectivity index (χ0n) is 10.6. The van der Waals surface area contributed by atoms with Crippen LogP contribution in [0.4, 0.5) is 0 Å². The number of piperidine rings is 1. The topological polar surface area (TPSA) is 74.8 Å². The van der Waals surface area contributed by atoms with E-state index in [4.69, 9.17) is 0 Å². The van der Waals surface area contributed by atoms with E-state index < -0.39 is 9.84 Å². The van der Waals surface area contributed by atoms with E-state index in [1.807, 2.05) is 24.3 Å². The first kappa shape index (κ1) is 12.6. The standard InChI is InChI=1S/C13H17N3O2S/c17-19(18,9-10-5-3-4-8-14-10)13-15-11-6-1-2-7-12(11)16-13/h1-2,6-7,10,14H,3-5,8-9H2,(H,15,16)/t10-/m1/s1. The minimum absolute atomic E-state index is 0.0481. The van der Waals surface area contributed by atoms with Crippen molar-refractivity contribution in [3.05, 3.63) is 24.3 Å². The first-order valence-electron chi connectivity index (χ1n) is 6.56. The molecular weight excluding hydrogens is 262 g/mol. The summed E-state index contributed by atoms with van der Waals surface area (Å²) in [6.45, 7) is 0.903. The summed E-state index contributed by atoms with van der Waals surface area (Å²) in [6.07, 6.45) is 3.13. The van der Waals surface area contributed by atoms with E-state index in [1.165, 1.54) is 0 Å². The Morgan fingerprint density at radius 1 is 1.26 bits per heavy atom. The molecule has 1 aliphatic heterocycles. The summed E-state index contributed by atoms with van der Waals surface area (Å²) in [5, 5.41) is 3.34. The molecular formula is C13H17N3O2S. The summed E-state index contributed by atoms with van der Waals surface area (Å²) in [5.74, 6) is 0.118. The summed E-state index contributed by atoms with van der Waals surface area (Å²) in [6, 6.07) is 7.40. The monoisotopic (exact) mass is 279 g/mol. The Balaban J connectivity index is 1.86. The first-order valence-corrected chi connectivity index (χ1v) is 8.21. The molecule has 102 valence electrons. The van der Waals surface area contributed by atoms with Crippen molar-refractivity contribution < 1.29 is 8.42 Å². The first-order chi connectivity index (χ1) is 9.15. The smallest absolute Gasteiger partial charge is 0.226 e. The fourth-order valence-electron chi connectivity index (χ4n) is 2.49. The van der Waals surface area contributed by atoms with Gasteiger partial charge in [0.25, 0.3) is 0 Å². The third-order valence-electron chi connectivity index (χ3n) is 3.50. The molecule has 1 aromatic carbocycles. The molecule has 5 nitrogen and oxygen atoms in total. The Morgan fingerprint density at radius 3 is 2.84 bits per heavy atom. The molecule has 1 atom stereocenters. The largest absolute Gasteiger partial charge is 0.329 e. The Bertz CT molecular complexity index is 639. The minimum atomic E-state index is -3.35. The van der Waals surface area contributed by atoms with Crippen LogP contribution in [0, 0.1) is 0 Å². The predicted molar refractivity (Wildman–Crippen MR) is 73.8 cm³/mol. The van der Waals surface area contributed by atoms with E-state index in [-0.39, 0.29) is 17.0 Å². The van der Waals surface area contributed by atoms with Gasteiger partial charge >= 0.3 is 0 Å². The van der Waals surface area contributed by atoms with Gasteiger partial charge < -0.3 is 10.3 Å². The highest BCUT2D eigenvalue weighted by Gasteiger charge is 2.25. The third kappa shape index (κ3) is 2.64. The van der Waals surface area contributed by atoms with Gasteiger partial charge in [0.15, 0.2) is 0 Å². The van der Waals surface area contributed by atoms with E-state index in [0.29, 0.717) is 5.52 Å². The van der Waals surface area contributed by atoms with Crippen molar-refractivity contribution in [2.75, 3.05) is 12.3 Å². The number of hydrogen-bond donors (Lipinski definition) is 2. The van der Waals surface area contributed by atoms with Gasteiger partial charge in [0.1, 0.15) is 0 Å². The van der Waals surface area contributed by atoms with Gasteiger partial charge in [-0.15, -0.1) is 0 Å². The van der Waals surface area contributed by atoms with Crippen LogP contribution < -0.4 is 5.32 Å². The van der Waals surface area contributed by atoms with E-state index >= 15 is 0 Å². The van der Waals surface area contributed by atoms with Crippen LogP contribution >= 0.6 is 0 Å². The molecule has 0 bridgehead atoms. The Hall–Kier alpha value is -1.40. The molecule has 1 saturated heterocycles. The minimum Gasteiger partial charge on any atom is -0.329 e. The van der Waals surface area contributed by atoms with Gasteiger partial charge in [0.2, 0.25) is 15.0 Å². The third-order valence-corrected chi connectivity index (χ3v) is 5.12. The van der Waals surface area contributed by atoms with Crippen LogP contribution in [-0.2, 0) is 9.84 Å². The highest BCUT2D eigenvalue weighted by Crippen LogP contribution is 2.17. The van der Waals surface area contributed by atoms with Crippen molar-refractivity contribution in [1.29, 1.82) is 0 Å². The maximum atomic E-state index is 12.3. The molecule has 0 radical (unpaired) electrons. The SMILES string of the molecule is O=S(=O)(C[C@H]1CCCCN1)c1nc2ccccc2[nH]1. The number of para-hydroxylation sites is 2. The maximum Gasteiger partial charge on any atom is 0.226 e. The van der Waals surface area contributed by atoms with Crippen LogP contribution in [-0.4, -0.2) is 36.7 Å². The van der Waals surface area contributed by atoms with Gasteiger partial charge in [0.05, 0.1) is 16.8 Å². The van der Waals surface area contributed by atoms with Crippen molar-refractivity contribution in [3.8, 4) is 0 Å². The Morgan fingerprint density at radius 2 is 2.11 bits per heavy atom. The number of aromatic amines is 1. The van der Waals surface area contributed by atoms with Gasteiger partial charge in [-0.05, 0) is 31.5 Å². The van der Waals surface area contributed by atoms with Crippen molar-refractivity contribution in [2.45, 2.75) is 30.5 Å². The van der Waals surface area contributed by atoms with E-state index in [0.717, 1.165) is 31.3 Å². The van der Waals surface area contributed by atoms with Crippen LogP contribution in [0.15, 0.2) is 29.4 Å². The number of nitrogens with zero attached hydrogens (tertiary/aromatic N) is 1. The molecule has 1 aliphatic rings. The van der Waals surface area contributed by atoms with Crippen molar-refractivity contribution >= 4 is 20.9 Å². The molecule has 0 saturated carbocycles. The molecule has 1 fully saturated rings. The van der Waals surface area contributed by atoms with Crippen molar-refractivity contribution in [1.82, 2.24) is 15.3 Å². The molecule has 2 aromatic rings. The van der Waals surface area contributed by atoms with Gasteiger partial charge in [-0.25, -0.2) is 13.4 Å². The number of benzene rings is 1. The second kappa shape index (κ2) is 4.94. The van der Waals surface area contributed by atoms with E-state index in [1.54, 1.807) is 0 Å². The Labute approximate surface area is 112 Å².